The number of ether oxygens (including phenoxy) is 1. The lowest BCUT2D eigenvalue weighted by Gasteiger charge is -2.37. The Balaban J connectivity index is 2.09. The smallest absolute Gasteiger partial charge is 0.0838 e. The Bertz CT molecular complexity index is 407. The van der Waals surface area contributed by atoms with Crippen molar-refractivity contribution in [3.8, 4) is 0 Å². The molecule has 2 rings (SSSR count). The van der Waals surface area contributed by atoms with Crippen LogP contribution in [0.5, 0.6) is 0 Å². The van der Waals surface area contributed by atoms with Crippen LogP contribution in [0.3, 0.4) is 0 Å². The first kappa shape index (κ1) is 13.9. The van der Waals surface area contributed by atoms with E-state index >= 15 is 0 Å². The van der Waals surface area contributed by atoms with Crippen molar-refractivity contribution >= 4 is 11.6 Å². The quantitative estimate of drug-likeness (QED) is 0.781. The summed E-state index contributed by atoms with van der Waals surface area (Å²) in [6.45, 7) is 9.24. The van der Waals surface area contributed by atoms with Crippen molar-refractivity contribution in [3.63, 3.8) is 0 Å². The summed E-state index contributed by atoms with van der Waals surface area (Å²) in [5, 5.41) is 0. The van der Waals surface area contributed by atoms with Gasteiger partial charge < -0.3 is 4.74 Å². The van der Waals surface area contributed by atoms with E-state index in [0.29, 0.717) is 11.9 Å². The van der Waals surface area contributed by atoms with Gasteiger partial charge in [-0.05, 0) is 31.9 Å². The minimum absolute atomic E-state index is 0.174. The fourth-order valence-corrected chi connectivity index (χ4v) is 2.56. The van der Waals surface area contributed by atoms with Gasteiger partial charge in [0.2, 0.25) is 0 Å². The molecule has 3 heteroatoms. The molecule has 2 atom stereocenters. The van der Waals surface area contributed by atoms with Crippen LogP contribution in [0.2, 0.25) is 0 Å². The van der Waals surface area contributed by atoms with Crippen molar-refractivity contribution in [2.45, 2.75) is 39.5 Å². The van der Waals surface area contributed by atoms with Crippen LogP contribution in [0.25, 0.3) is 0 Å². The lowest BCUT2D eigenvalue weighted by Crippen LogP contribution is -2.48. The Labute approximate surface area is 115 Å². The van der Waals surface area contributed by atoms with Gasteiger partial charge >= 0.3 is 0 Å². The van der Waals surface area contributed by atoms with Crippen LogP contribution < -0.4 is 0 Å². The van der Waals surface area contributed by atoms with Gasteiger partial charge in [0, 0.05) is 25.0 Å². The molecular weight excluding hydrogens is 246 g/mol. The van der Waals surface area contributed by atoms with Gasteiger partial charge in [0.25, 0.3) is 0 Å². The number of rotatable bonds is 3. The van der Waals surface area contributed by atoms with E-state index in [4.69, 9.17) is 16.3 Å². The summed E-state index contributed by atoms with van der Waals surface area (Å²) in [6, 6.07) is 7.12. The van der Waals surface area contributed by atoms with Crippen LogP contribution in [0.4, 0.5) is 0 Å². The number of benzene rings is 1. The van der Waals surface area contributed by atoms with Crippen molar-refractivity contribution in [1.82, 2.24) is 4.90 Å². The first-order valence-electron chi connectivity index (χ1n) is 6.58. The summed E-state index contributed by atoms with van der Waals surface area (Å²) in [7, 11) is 0. The normalized spacial score (nSPS) is 25.3. The van der Waals surface area contributed by atoms with E-state index in [1.165, 1.54) is 16.7 Å². The molecule has 0 saturated carbocycles. The van der Waals surface area contributed by atoms with Crippen LogP contribution in [0.15, 0.2) is 18.2 Å². The van der Waals surface area contributed by atoms with E-state index in [1.807, 2.05) is 0 Å². The average molecular weight is 268 g/mol. The molecule has 18 heavy (non-hydrogen) atoms. The molecule has 2 unspecified atom stereocenters. The fourth-order valence-electron chi connectivity index (χ4n) is 2.38. The standard InChI is InChI=1S/C15H22ClNO/c1-11-4-5-12(2)14(6-11)8-17-9-15(7-16)18-10-13(17)3/h4-6,13,15H,7-10H2,1-3H3. The average Bonchev–Trinajstić information content (AvgIpc) is 2.36. The monoisotopic (exact) mass is 267 g/mol. The summed E-state index contributed by atoms with van der Waals surface area (Å²) in [5.74, 6) is 0.579. The van der Waals surface area contributed by atoms with Gasteiger partial charge in [-0.15, -0.1) is 11.6 Å². The highest BCUT2D eigenvalue weighted by atomic mass is 35.5. The summed E-state index contributed by atoms with van der Waals surface area (Å²) >= 11 is 5.90. The largest absolute Gasteiger partial charge is 0.374 e. The van der Waals surface area contributed by atoms with Gasteiger partial charge in [0.05, 0.1) is 12.7 Å². The number of aryl methyl sites for hydroxylation is 2. The molecular formula is C15H22ClNO. The molecule has 1 aliphatic heterocycles. The van der Waals surface area contributed by atoms with E-state index < -0.39 is 0 Å². The molecule has 2 nitrogen and oxygen atoms in total. The van der Waals surface area contributed by atoms with Crippen LogP contribution >= 0.6 is 11.6 Å². The molecule has 0 aromatic heterocycles. The summed E-state index contributed by atoms with van der Waals surface area (Å²) in [4.78, 5) is 2.47. The van der Waals surface area contributed by atoms with Crippen molar-refractivity contribution < 1.29 is 4.74 Å². The van der Waals surface area contributed by atoms with Gasteiger partial charge in [0.1, 0.15) is 0 Å². The lowest BCUT2D eigenvalue weighted by atomic mass is 10.0. The minimum atomic E-state index is 0.174. The third kappa shape index (κ3) is 3.25. The highest BCUT2D eigenvalue weighted by Gasteiger charge is 2.25. The summed E-state index contributed by atoms with van der Waals surface area (Å²) < 4.78 is 5.69. The van der Waals surface area contributed by atoms with Gasteiger partial charge in [0.15, 0.2) is 0 Å². The second kappa shape index (κ2) is 6.05. The number of hydrogen-bond acceptors (Lipinski definition) is 2. The summed E-state index contributed by atoms with van der Waals surface area (Å²) in [6.07, 6.45) is 0.174. The molecule has 0 N–H and O–H groups in total. The molecule has 0 radical (unpaired) electrons. The Morgan fingerprint density at radius 2 is 2.17 bits per heavy atom. The van der Waals surface area contributed by atoms with Gasteiger partial charge in [-0.3, -0.25) is 4.90 Å². The molecule has 1 heterocycles. The molecule has 0 spiro atoms. The third-order valence-electron chi connectivity index (χ3n) is 3.68. The zero-order chi connectivity index (χ0) is 13.1. The molecule has 0 aliphatic carbocycles. The lowest BCUT2D eigenvalue weighted by molar-refractivity contribution is -0.0511. The number of halogens is 1. The Morgan fingerprint density at radius 1 is 1.39 bits per heavy atom. The van der Waals surface area contributed by atoms with E-state index in [0.717, 1.165) is 19.7 Å². The Hall–Kier alpha value is -0.570. The number of morpholine rings is 1. The highest BCUT2D eigenvalue weighted by Crippen LogP contribution is 2.19. The first-order valence-corrected chi connectivity index (χ1v) is 7.11. The highest BCUT2D eigenvalue weighted by molar-refractivity contribution is 6.18. The number of nitrogens with zero attached hydrogens (tertiary/aromatic N) is 1. The molecule has 1 saturated heterocycles. The van der Waals surface area contributed by atoms with Gasteiger partial charge in [-0.2, -0.15) is 0 Å². The van der Waals surface area contributed by atoms with E-state index in [-0.39, 0.29) is 6.10 Å². The second-order valence-electron chi connectivity index (χ2n) is 5.32. The molecule has 100 valence electrons. The van der Waals surface area contributed by atoms with Crippen LogP contribution in [-0.4, -0.2) is 36.1 Å². The maximum Gasteiger partial charge on any atom is 0.0838 e. The second-order valence-corrected chi connectivity index (χ2v) is 5.63. The maximum absolute atomic E-state index is 5.90. The zero-order valence-corrected chi connectivity index (χ0v) is 12.2. The summed E-state index contributed by atoms with van der Waals surface area (Å²) in [5.41, 5.74) is 4.10. The van der Waals surface area contributed by atoms with Crippen molar-refractivity contribution in [2.24, 2.45) is 0 Å². The van der Waals surface area contributed by atoms with E-state index in [1.54, 1.807) is 0 Å². The van der Waals surface area contributed by atoms with Gasteiger partial charge in [-0.25, -0.2) is 0 Å². The van der Waals surface area contributed by atoms with Crippen molar-refractivity contribution in [1.29, 1.82) is 0 Å². The predicted molar refractivity (Wildman–Crippen MR) is 76.2 cm³/mol. The molecule has 1 fully saturated rings. The number of hydrogen-bond donors (Lipinski definition) is 0. The predicted octanol–water partition coefficient (Wildman–Crippen LogP) is 3.13. The third-order valence-corrected chi connectivity index (χ3v) is 4.03. The fraction of sp³-hybridized carbons (Fsp3) is 0.600. The van der Waals surface area contributed by atoms with Crippen molar-refractivity contribution in [3.05, 3.63) is 34.9 Å². The zero-order valence-electron chi connectivity index (χ0n) is 11.4. The van der Waals surface area contributed by atoms with Gasteiger partial charge in [-0.1, -0.05) is 23.8 Å². The Morgan fingerprint density at radius 3 is 2.89 bits per heavy atom. The van der Waals surface area contributed by atoms with E-state index in [2.05, 4.69) is 43.9 Å². The maximum atomic E-state index is 5.90. The number of alkyl halides is 1. The van der Waals surface area contributed by atoms with Crippen LogP contribution in [0, 0.1) is 13.8 Å². The SMILES string of the molecule is Cc1ccc(C)c(CN2CC(CCl)OCC2C)c1. The van der Waals surface area contributed by atoms with E-state index in [9.17, 15) is 0 Å². The topological polar surface area (TPSA) is 12.5 Å². The molecule has 0 bridgehead atoms. The molecule has 1 aromatic rings. The molecule has 1 aromatic carbocycles. The van der Waals surface area contributed by atoms with Crippen LogP contribution in [-0.2, 0) is 11.3 Å². The van der Waals surface area contributed by atoms with Crippen molar-refractivity contribution in [2.75, 3.05) is 19.0 Å². The molecule has 1 aliphatic rings. The minimum Gasteiger partial charge on any atom is -0.374 e. The molecule has 0 amide bonds. The Kier molecular flexibility index (Phi) is 4.66. The van der Waals surface area contributed by atoms with Crippen LogP contribution in [0.1, 0.15) is 23.6 Å². The first-order chi connectivity index (χ1) is 8.60.